The van der Waals surface area contributed by atoms with Crippen molar-refractivity contribution in [2.45, 2.75) is 0 Å². The van der Waals surface area contributed by atoms with E-state index in [9.17, 15) is 4.79 Å². The predicted molar refractivity (Wildman–Crippen MR) is 71.1 cm³/mol. The highest BCUT2D eigenvalue weighted by Crippen LogP contribution is 2.23. The first-order chi connectivity index (χ1) is 9.65. The van der Waals surface area contributed by atoms with Gasteiger partial charge < -0.3 is 14.2 Å². The molecule has 0 spiro atoms. The van der Waals surface area contributed by atoms with Crippen molar-refractivity contribution in [2.24, 2.45) is 7.05 Å². The van der Waals surface area contributed by atoms with Gasteiger partial charge in [-0.25, -0.2) is 9.78 Å². The van der Waals surface area contributed by atoms with Crippen molar-refractivity contribution in [1.82, 2.24) is 14.7 Å². The lowest BCUT2D eigenvalue weighted by Crippen LogP contribution is -1.91. The van der Waals surface area contributed by atoms with Gasteiger partial charge in [-0.3, -0.25) is 0 Å². The Hall–Kier alpha value is -2.89. The third-order valence-corrected chi connectivity index (χ3v) is 2.98. The summed E-state index contributed by atoms with van der Waals surface area (Å²) in [6, 6.07) is 8.93. The molecule has 20 heavy (non-hydrogen) atoms. The van der Waals surface area contributed by atoms with Gasteiger partial charge in [-0.1, -0.05) is 29.4 Å². The molecule has 0 atom stereocenters. The fourth-order valence-electron chi connectivity index (χ4n) is 1.95. The summed E-state index contributed by atoms with van der Waals surface area (Å²) in [7, 11) is 1.92. The second kappa shape index (κ2) is 4.65. The van der Waals surface area contributed by atoms with Gasteiger partial charge in [0.05, 0.1) is 0 Å². The molecule has 0 saturated carbocycles. The Balaban J connectivity index is 1.93. The number of carbonyl (C=O) groups is 1. The molecule has 0 aliphatic carbocycles. The third-order valence-electron chi connectivity index (χ3n) is 2.98. The molecule has 0 radical (unpaired) electrons. The van der Waals surface area contributed by atoms with Gasteiger partial charge in [0, 0.05) is 36.6 Å². The van der Waals surface area contributed by atoms with Crippen LogP contribution in [0.5, 0.6) is 0 Å². The first-order valence-electron chi connectivity index (χ1n) is 5.93. The van der Waals surface area contributed by atoms with E-state index >= 15 is 0 Å². The van der Waals surface area contributed by atoms with Gasteiger partial charge in [-0.15, -0.1) is 0 Å². The van der Waals surface area contributed by atoms with Crippen LogP contribution in [0.1, 0.15) is 10.6 Å². The standard InChI is InChI=1S/C14H11N3O3/c1-17-7-6-15-13(17)10-4-2-9(3-5-10)11-8-12(14(18)19)20-16-11/h2-8H,1H3,(H,18,19). The lowest BCUT2D eigenvalue weighted by molar-refractivity contribution is 0.0652. The van der Waals surface area contributed by atoms with Crippen LogP contribution >= 0.6 is 0 Å². The van der Waals surface area contributed by atoms with Crippen LogP contribution in [-0.4, -0.2) is 25.8 Å². The fourth-order valence-corrected chi connectivity index (χ4v) is 1.95. The average Bonchev–Trinajstić information content (AvgIpc) is 3.07. The molecule has 0 saturated heterocycles. The Morgan fingerprint density at radius 2 is 1.95 bits per heavy atom. The van der Waals surface area contributed by atoms with Crippen molar-refractivity contribution in [1.29, 1.82) is 0 Å². The van der Waals surface area contributed by atoms with Crippen molar-refractivity contribution in [3.05, 3.63) is 48.5 Å². The van der Waals surface area contributed by atoms with Gasteiger partial charge in [-0.2, -0.15) is 0 Å². The lowest BCUT2D eigenvalue weighted by atomic mass is 10.1. The van der Waals surface area contributed by atoms with Gasteiger partial charge in [0.25, 0.3) is 0 Å². The number of aryl methyl sites for hydroxylation is 1. The molecule has 3 rings (SSSR count). The van der Waals surface area contributed by atoms with Crippen LogP contribution in [0.2, 0.25) is 0 Å². The molecular formula is C14H11N3O3. The Bertz CT molecular complexity index is 756. The molecular weight excluding hydrogens is 258 g/mol. The molecule has 6 nitrogen and oxygen atoms in total. The van der Waals surface area contributed by atoms with E-state index in [0.717, 1.165) is 17.0 Å². The van der Waals surface area contributed by atoms with Gasteiger partial charge >= 0.3 is 5.97 Å². The molecule has 0 aliphatic rings. The number of hydrogen-bond acceptors (Lipinski definition) is 4. The fraction of sp³-hybridized carbons (Fsp3) is 0.0714. The van der Waals surface area contributed by atoms with E-state index < -0.39 is 5.97 Å². The summed E-state index contributed by atoms with van der Waals surface area (Å²) in [5.74, 6) is -0.440. The number of hydrogen-bond donors (Lipinski definition) is 1. The first kappa shape index (κ1) is 12.2. The van der Waals surface area contributed by atoms with Crippen molar-refractivity contribution < 1.29 is 14.4 Å². The molecule has 6 heteroatoms. The van der Waals surface area contributed by atoms with E-state index in [-0.39, 0.29) is 5.76 Å². The quantitative estimate of drug-likeness (QED) is 0.789. The van der Waals surface area contributed by atoms with E-state index in [0.29, 0.717) is 5.69 Å². The van der Waals surface area contributed by atoms with Crippen LogP contribution in [-0.2, 0) is 7.05 Å². The Kier molecular flexibility index (Phi) is 2.83. The Labute approximate surface area is 114 Å². The number of aromatic nitrogens is 3. The van der Waals surface area contributed by atoms with Crippen molar-refractivity contribution in [3.8, 4) is 22.6 Å². The highest BCUT2D eigenvalue weighted by atomic mass is 16.5. The van der Waals surface area contributed by atoms with Gasteiger partial charge in [0.1, 0.15) is 11.5 Å². The molecule has 2 heterocycles. The summed E-state index contributed by atoms with van der Waals surface area (Å²) in [5, 5.41) is 12.5. The second-order valence-corrected chi connectivity index (χ2v) is 4.32. The number of nitrogens with zero attached hydrogens (tertiary/aromatic N) is 3. The Morgan fingerprint density at radius 3 is 2.50 bits per heavy atom. The molecule has 0 unspecified atom stereocenters. The molecule has 100 valence electrons. The first-order valence-corrected chi connectivity index (χ1v) is 5.93. The largest absolute Gasteiger partial charge is 0.475 e. The summed E-state index contributed by atoms with van der Waals surface area (Å²) < 4.78 is 6.66. The number of rotatable bonds is 3. The van der Waals surface area contributed by atoms with E-state index in [1.807, 2.05) is 42.1 Å². The minimum atomic E-state index is -1.13. The van der Waals surface area contributed by atoms with Gasteiger partial charge in [0.15, 0.2) is 0 Å². The van der Waals surface area contributed by atoms with Crippen LogP contribution < -0.4 is 0 Å². The topological polar surface area (TPSA) is 81.2 Å². The van der Waals surface area contributed by atoms with E-state index in [1.54, 1.807) is 6.20 Å². The molecule has 0 fully saturated rings. The zero-order chi connectivity index (χ0) is 14.1. The van der Waals surface area contributed by atoms with Crippen LogP contribution in [0.3, 0.4) is 0 Å². The molecule has 0 bridgehead atoms. The smallest absolute Gasteiger partial charge is 0.374 e. The molecule has 3 aromatic rings. The maximum absolute atomic E-state index is 10.7. The normalized spacial score (nSPS) is 10.7. The summed E-state index contributed by atoms with van der Waals surface area (Å²) in [5.41, 5.74) is 2.26. The molecule has 0 aliphatic heterocycles. The molecule has 2 aromatic heterocycles. The monoisotopic (exact) mass is 269 g/mol. The van der Waals surface area contributed by atoms with Gasteiger partial charge in [0.2, 0.25) is 5.76 Å². The SMILES string of the molecule is Cn1ccnc1-c1ccc(-c2cc(C(=O)O)on2)cc1. The minimum absolute atomic E-state index is 0.173. The second-order valence-electron chi connectivity index (χ2n) is 4.32. The number of carboxylic acids is 1. The zero-order valence-electron chi connectivity index (χ0n) is 10.6. The molecule has 0 amide bonds. The number of benzene rings is 1. The van der Waals surface area contributed by atoms with Crippen LogP contribution in [0.4, 0.5) is 0 Å². The van der Waals surface area contributed by atoms with E-state index in [1.165, 1.54) is 6.07 Å². The van der Waals surface area contributed by atoms with Crippen LogP contribution in [0, 0.1) is 0 Å². The maximum Gasteiger partial charge on any atom is 0.374 e. The summed E-state index contributed by atoms with van der Waals surface area (Å²) >= 11 is 0. The van der Waals surface area contributed by atoms with Gasteiger partial charge in [-0.05, 0) is 0 Å². The maximum atomic E-state index is 10.7. The summed E-state index contributed by atoms with van der Waals surface area (Å²) in [6.07, 6.45) is 3.61. The molecule has 1 N–H and O–H groups in total. The lowest BCUT2D eigenvalue weighted by Gasteiger charge is -2.02. The molecule has 1 aromatic carbocycles. The highest BCUT2D eigenvalue weighted by molar-refractivity contribution is 5.85. The van der Waals surface area contributed by atoms with E-state index in [2.05, 4.69) is 10.1 Å². The van der Waals surface area contributed by atoms with Crippen LogP contribution in [0.25, 0.3) is 22.6 Å². The number of aromatic carboxylic acids is 1. The van der Waals surface area contributed by atoms with Crippen molar-refractivity contribution in [3.63, 3.8) is 0 Å². The Morgan fingerprint density at radius 1 is 1.25 bits per heavy atom. The predicted octanol–water partition coefficient (Wildman–Crippen LogP) is 2.44. The zero-order valence-corrected chi connectivity index (χ0v) is 10.6. The number of carboxylic acid groups (broad SMARTS) is 1. The van der Waals surface area contributed by atoms with Crippen molar-refractivity contribution in [2.75, 3.05) is 0 Å². The highest BCUT2D eigenvalue weighted by Gasteiger charge is 2.12. The minimum Gasteiger partial charge on any atom is -0.475 e. The third kappa shape index (κ3) is 2.07. The average molecular weight is 269 g/mol. The number of imidazole rings is 1. The van der Waals surface area contributed by atoms with Crippen molar-refractivity contribution >= 4 is 5.97 Å². The van der Waals surface area contributed by atoms with Crippen LogP contribution in [0.15, 0.2) is 47.2 Å². The van der Waals surface area contributed by atoms with E-state index in [4.69, 9.17) is 9.63 Å². The summed E-state index contributed by atoms with van der Waals surface area (Å²) in [4.78, 5) is 15.0. The summed E-state index contributed by atoms with van der Waals surface area (Å²) in [6.45, 7) is 0.